The molecule has 7 rings (SSSR count). The Kier molecular flexibility index (Phi) is 5.81. The highest BCUT2D eigenvalue weighted by Crippen LogP contribution is 2.44. The third kappa shape index (κ3) is 4.62. The number of nitrogens with one attached hydrogen (secondary N) is 1. The van der Waals surface area contributed by atoms with E-state index in [1.165, 1.54) is 0 Å². The van der Waals surface area contributed by atoms with Gasteiger partial charge in [0.15, 0.2) is 0 Å². The smallest absolute Gasteiger partial charge is 0.251 e. The summed E-state index contributed by atoms with van der Waals surface area (Å²) < 4.78 is 46.9. The Balaban J connectivity index is 1.27. The number of aromatic nitrogens is 3. The number of fused-ring (bicyclic) bond motifs is 10. The topological polar surface area (TPSA) is 120 Å². The van der Waals surface area contributed by atoms with Gasteiger partial charge in [-0.05, 0) is 62.8 Å². The number of nitrogens with zero attached hydrogens (tertiary/aromatic N) is 4. The highest BCUT2D eigenvalue weighted by molar-refractivity contribution is 7.93. The normalized spacial score (nSPS) is 22.7. The Morgan fingerprint density at radius 1 is 1.00 bits per heavy atom. The molecule has 4 aliphatic rings. The fraction of sp³-hybridized carbons (Fsp3) is 0.519. The maximum Gasteiger partial charge on any atom is 0.251 e. The van der Waals surface area contributed by atoms with E-state index >= 15 is 0 Å². The average Bonchev–Trinajstić information content (AvgIpc) is 3.66. The summed E-state index contributed by atoms with van der Waals surface area (Å²) >= 11 is 0. The first-order chi connectivity index (χ1) is 18.5. The molecule has 1 aromatic carbocycles. The molecule has 2 aliphatic heterocycles. The first-order valence-electron chi connectivity index (χ1n) is 13.4. The van der Waals surface area contributed by atoms with Crippen molar-refractivity contribution in [3.8, 4) is 28.7 Å². The average molecular weight is 538 g/mol. The Bertz CT molecular complexity index is 1450. The standard InChI is InChI=1S/C27H31N5O5S/c33-38(34,21-5-6-21)31-19-4-7-22-23(14-19)36-17-27(9-2-10-27)16-35-20-3-1-12-32(15-20)24-13-18(8-11-28-24)25-29-30-26(22)37-25/h4,7-8,11,13-14,20-21,31H,1-3,5-6,9-10,12,15-17H2. The van der Waals surface area contributed by atoms with Crippen molar-refractivity contribution in [2.24, 2.45) is 5.41 Å². The van der Waals surface area contributed by atoms with Crippen LogP contribution < -0.4 is 14.4 Å². The predicted octanol–water partition coefficient (Wildman–Crippen LogP) is 4.25. The number of hydrogen-bond acceptors (Lipinski definition) is 9. The van der Waals surface area contributed by atoms with Gasteiger partial charge in [-0.15, -0.1) is 10.2 Å². The zero-order chi connectivity index (χ0) is 25.7. The molecule has 1 unspecified atom stereocenters. The number of ether oxygens (including phenoxy) is 2. The minimum atomic E-state index is -3.41. The molecule has 1 atom stereocenters. The van der Waals surface area contributed by atoms with Crippen molar-refractivity contribution in [3.05, 3.63) is 36.5 Å². The lowest BCUT2D eigenvalue weighted by atomic mass is 9.70. The summed E-state index contributed by atoms with van der Waals surface area (Å²) in [5.41, 5.74) is 1.80. The zero-order valence-corrected chi connectivity index (χ0v) is 22.0. The van der Waals surface area contributed by atoms with Crippen molar-refractivity contribution in [2.75, 3.05) is 35.9 Å². The molecule has 6 bridgehead atoms. The van der Waals surface area contributed by atoms with Crippen LogP contribution in [0.4, 0.5) is 11.5 Å². The van der Waals surface area contributed by atoms with E-state index in [0.717, 1.165) is 56.6 Å². The van der Waals surface area contributed by atoms with Crippen molar-refractivity contribution in [1.82, 2.24) is 15.2 Å². The van der Waals surface area contributed by atoms with Gasteiger partial charge >= 0.3 is 0 Å². The van der Waals surface area contributed by atoms with Crippen LogP contribution in [0.15, 0.2) is 40.9 Å². The number of sulfonamides is 1. The molecule has 0 amide bonds. The van der Waals surface area contributed by atoms with Gasteiger partial charge in [0.25, 0.3) is 5.89 Å². The van der Waals surface area contributed by atoms with Crippen LogP contribution in [0.5, 0.6) is 5.75 Å². The quantitative estimate of drug-likeness (QED) is 0.523. The molecule has 10 nitrogen and oxygen atoms in total. The van der Waals surface area contributed by atoms with Crippen LogP contribution in [0.25, 0.3) is 22.9 Å². The molecule has 38 heavy (non-hydrogen) atoms. The summed E-state index contributed by atoms with van der Waals surface area (Å²) in [5, 5.41) is 8.31. The molecule has 200 valence electrons. The second-order valence-corrected chi connectivity index (χ2v) is 13.0. The summed E-state index contributed by atoms with van der Waals surface area (Å²) in [6.45, 7) is 2.82. The van der Waals surface area contributed by atoms with Crippen LogP contribution in [0.3, 0.4) is 0 Å². The molecule has 3 fully saturated rings. The Hall–Kier alpha value is -3.18. The molecule has 11 heteroatoms. The summed E-state index contributed by atoms with van der Waals surface area (Å²) in [6, 6.07) is 9.05. The highest BCUT2D eigenvalue weighted by Gasteiger charge is 2.40. The van der Waals surface area contributed by atoms with Gasteiger partial charge in [0.05, 0.1) is 35.8 Å². The second kappa shape index (κ2) is 9.23. The van der Waals surface area contributed by atoms with Gasteiger partial charge in [-0.2, -0.15) is 0 Å². The predicted molar refractivity (Wildman–Crippen MR) is 141 cm³/mol. The number of piperidine rings is 1. The highest BCUT2D eigenvalue weighted by atomic mass is 32.2. The Morgan fingerprint density at radius 2 is 1.87 bits per heavy atom. The Morgan fingerprint density at radius 3 is 2.68 bits per heavy atom. The first kappa shape index (κ1) is 23.9. The molecule has 1 N–H and O–H groups in total. The minimum Gasteiger partial charge on any atom is -0.492 e. The fourth-order valence-corrected chi connectivity index (χ4v) is 6.87. The fourth-order valence-electron chi connectivity index (χ4n) is 5.50. The maximum absolute atomic E-state index is 12.6. The van der Waals surface area contributed by atoms with E-state index in [0.29, 0.717) is 54.8 Å². The molecule has 1 spiro atoms. The van der Waals surface area contributed by atoms with Crippen molar-refractivity contribution < 1.29 is 22.3 Å². The van der Waals surface area contributed by atoms with Crippen LogP contribution >= 0.6 is 0 Å². The number of pyridine rings is 1. The van der Waals surface area contributed by atoms with E-state index < -0.39 is 10.0 Å². The lowest BCUT2D eigenvalue weighted by Gasteiger charge is -2.43. The lowest BCUT2D eigenvalue weighted by Crippen LogP contribution is -2.45. The maximum atomic E-state index is 12.6. The van der Waals surface area contributed by atoms with E-state index in [1.807, 2.05) is 12.1 Å². The molecule has 3 aromatic rings. The number of hydrogen-bond donors (Lipinski definition) is 1. The van der Waals surface area contributed by atoms with Gasteiger partial charge in [0.1, 0.15) is 11.6 Å². The largest absolute Gasteiger partial charge is 0.492 e. The van der Waals surface area contributed by atoms with E-state index in [2.05, 4.69) is 24.8 Å². The van der Waals surface area contributed by atoms with Gasteiger partial charge in [0, 0.05) is 36.3 Å². The van der Waals surface area contributed by atoms with Gasteiger partial charge < -0.3 is 18.8 Å². The number of rotatable bonds is 3. The van der Waals surface area contributed by atoms with E-state index in [4.69, 9.17) is 13.9 Å². The van der Waals surface area contributed by atoms with Crippen LogP contribution in [-0.2, 0) is 14.8 Å². The first-order valence-corrected chi connectivity index (χ1v) is 15.0. The molecule has 4 heterocycles. The summed E-state index contributed by atoms with van der Waals surface area (Å²) in [4.78, 5) is 6.88. The molecule has 2 aromatic heterocycles. The Labute approximate surface area is 221 Å². The summed E-state index contributed by atoms with van der Waals surface area (Å²) in [7, 11) is -3.41. The summed E-state index contributed by atoms with van der Waals surface area (Å²) in [5.74, 6) is 2.08. The summed E-state index contributed by atoms with van der Waals surface area (Å²) in [6.07, 6.45) is 8.54. The van der Waals surface area contributed by atoms with Crippen LogP contribution in [0, 0.1) is 5.41 Å². The van der Waals surface area contributed by atoms with E-state index in [9.17, 15) is 8.42 Å². The lowest BCUT2D eigenvalue weighted by molar-refractivity contribution is -0.0676. The van der Waals surface area contributed by atoms with Gasteiger partial charge in [-0.25, -0.2) is 13.4 Å². The molecular formula is C27H31N5O5S. The van der Waals surface area contributed by atoms with Crippen LogP contribution in [0.1, 0.15) is 44.9 Å². The molecule has 2 saturated carbocycles. The van der Waals surface area contributed by atoms with E-state index in [1.54, 1.807) is 24.4 Å². The molecule has 0 radical (unpaired) electrons. The third-order valence-electron chi connectivity index (χ3n) is 8.13. The zero-order valence-electron chi connectivity index (χ0n) is 21.1. The van der Waals surface area contributed by atoms with E-state index in [-0.39, 0.29) is 16.8 Å². The SMILES string of the molecule is O=S(=O)(Nc1ccc2c(c1)OCC1(CCC1)COC1CCCN(C1)c1cc(ccn1)-c1nnc-2o1)C1CC1. The van der Waals surface area contributed by atoms with Crippen molar-refractivity contribution in [1.29, 1.82) is 0 Å². The minimum absolute atomic E-state index is 0.0711. The molecular weight excluding hydrogens is 506 g/mol. The van der Waals surface area contributed by atoms with Gasteiger partial charge in [0.2, 0.25) is 15.9 Å². The number of anilines is 2. The van der Waals surface area contributed by atoms with Crippen molar-refractivity contribution in [3.63, 3.8) is 0 Å². The molecule has 2 aliphatic carbocycles. The van der Waals surface area contributed by atoms with Crippen LogP contribution in [-0.4, -0.2) is 61.3 Å². The third-order valence-corrected chi connectivity index (χ3v) is 10.00. The van der Waals surface area contributed by atoms with Gasteiger partial charge in [-0.1, -0.05) is 6.42 Å². The monoisotopic (exact) mass is 537 g/mol. The van der Waals surface area contributed by atoms with Gasteiger partial charge in [-0.3, -0.25) is 4.72 Å². The van der Waals surface area contributed by atoms with Crippen molar-refractivity contribution >= 4 is 21.5 Å². The van der Waals surface area contributed by atoms with Crippen LogP contribution in [0.2, 0.25) is 0 Å². The number of benzene rings is 1. The molecule has 1 saturated heterocycles. The van der Waals surface area contributed by atoms with Crippen molar-refractivity contribution in [2.45, 2.75) is 56.3 Å². The second-order valence-electron chi connectivity index (χ2n) is 11.0.